The van der Waals surface area contributed by atoms with Crippen molar-refractivity contribution in [1.82, 2.24) is 9.78 Å². The number of anilines is 1. The van der Waals surface area contributed by atoms with Gasteiger partial charge in [-0.25, -0.2) is 4.68 Å². The van der Waals surface area contributed by atoms with Gasteiger partial charge in [-0.2, -0.15) is 5.10 Å². The van der Waals surface area contributed by atoms with Crippen LogP contribution in [0.25, 0.3) is 0 Å². The summed E-state index contributed by atoms with van der Waals surface area (Å²) in [5, 5.41) is 16.3. The molecule has 1 aromatic rings. The maximum absolute atomic E-state index is 12.0. The van der Waals surface area contributed by atoms with Gasteiger partial charge in [0.1, 0.15) is 11.0 Å². The van der Waals surface area contributed by atoms with Crippen LogP contribution in [-0.2, 0) is 16.1 Å². The van der Waals surface area contributed by atoms with Gasteiger partial charge in [0.2, 0.25) is 0 Å². The van der Waals surface area contributed by atoms with Crippen molar-refractivity contribution in [2.75, 3.05) is 12.4 Å². The van der Waals surface area contributed by atoms with E-state index in [9.17, 15) is 14.7 Å². The molecule has 0 aliphatic carbocycles. The summed E-state index contributed by atoms with van der Waals surface area (Å²) >= 11 is 3.19. The zero-order valence-electron chi connectivity index (χ0n) is 11.6. The molecule has 8 heteroatoms. The molecule has 0 spiro atoms. The SMILES string of the molecule is COC(=O)Cn1ncc(NC(C)CC(C)O)c(Br)c1=O. The molecular formula is C12H18BrN3O4. The van der Waals surface area contributed by atoms with Crippen molar-refractivity contribution in [2.45, 2.75) is 39.0 Å². The van der Waals surface area contributed by atoms with Crippen molar-refractivity contribution in [1.29, 1.82) is 0 Å². The summed E-state index contributed by atoms with van der Waals surface area (Å²) in [6.45, 7) is 3.34. The third-order valence-electron chi connectivity index (χ3n) is 2.59. The van der Waals surface area contributed by atoms with E-state index in [1.807, 2.05) is 6.92 Å². The van der Waals surface area contributed by atoms with Gasteiger partial charge in [0, 0.05) is 6.04 Å². The highest BCUT2D eigenvalue weighted by Crippen LogP contribution is 2.18. The molecule has 2 N–H and O–H groups in total. The van der Waals surface area contributed by atoms with E-state index in [0.717, 1.165) is 4.68 Å². The summed E-state index contributed by atoms with van der Waals surface area (Å²) in [5.41, 5.74) is 0.0916. The quantitative estimate of drug-likeness (QED) is 0.737. The van der Waals surface area contributed by atoms with Crippen LogP contribution in [0.1, 0.15) is 20.3 Å². The Morgan fingerprint density at radius 1 is 1.60 bits per heavy atom. The number of hydrogen-bond acceptors (Lipinski definition) is 6. The summed E-state index contributed by atoms with van der Waals surface area (Å²) in [4.78, 5) is 23.1. The molecule has 1 rings (SSSR count). The first kappa shape index (κ1) is 16.6. The first-order chi connectivity index (χ1) is 9.35. The van der Waals surface area contributed by atoms with Crippen LogP contribution < -0.4 is 10.9 Å². The van der Waals surface area contributed by atoms with Crippen LogP contribution in [0.2, 0.25) is 0 Å². The summed E-state index contributed by atoms with van der Waals surface area (Å²) in [5.74, 6) is -0.547. The Labute approximate surface area is 125 Å². The number of halogens is 1. The van der Waals surface area contributed by atoms with Gasteiger partial charge < -0.3 is 15.2 Å². The van der Waals surface area contributed by atoms with E-state index in [4.69, 9.17) is 0 Å². The minimum atomic E-state index is -0.547. The lowest BCUT2D eigenvalue weighted by Crippen LogP contribution is -2.29. The van der Waals surface area contributed by atoms with E-state index in [2.05, 4.69) is 31.1 Å². The van der Waals surface area contributed by atoms with Crippen molar-refractivity contribution >= 4 is 27.6 Å². The second-order valence-corrected chi connectivity index (χ2v) is 5.33. The number of ether oxygens (including phenoxy) is 1. The zero-order chi connectivity index (χ0) is 15.3. The lowest BCUT2D eigenvalue weighted by Gasteiger charge is -2.17. The van der Waals surface area contributed by atoms with Crippen LogP contribution in [0.3, 0.4) is 0 Å². The van der Waals surface area contributed by atoms with E-state index >= 15 is 0 Å². The van der Waals surface area contributed by atoms with Crippen molar-refractivity contribution in [3.8, 4) is 0 Å². The minimum absolute atomic E-state index is 0.0241. The van der Waals surface area contributed by atoms with E-state index < -0.39 is 17.6 Å². The predicted molar refractivity (Wildman–Crippen MR) is 77.6 cm³/mol. The highest BCUT2D eigenvalue weighted by Gasteiger charge is 2.14. The number of nitrogens with one attached hydrogen (secondary N) is 1. The number of aromatic nitrogens is 2. The van der Waals surface area contributed by atoms with Crippen molar-refractivity contribution < 1.29 is 14.6 Å². The molecule has 0 amide bonds. The first-order valence-electron chi connectivity index (χ1n) is 6.12. The Morgan fingerprint density at radius 2 is 2.25 bits per heavy atom. The zero-order valence-corrected chi connectivity index (χ0v) is 13.2. The molecule has 112 valence electrons. The fourth-order valence-electron chi connectivity index (χ4n) is 1.70. The largest absolute Gasteiger partial charge is 0.468 e. The van der Waals surface area contributed by atoms with Crippen LogP contribution >= 0.6 is 15.9 Å². The maximum Gasteiger partial charge on any atom is 0.327 e. The van der Waals surface area contributed by atoms with Gasteiger partial charge in [0.15, 0.2) is 0 Å². The molecule has 0 fully saturated rings. The van der Waals surface area contributed by atoms with Gasteiger partial charge in [0.25, 0.3) is 5.56 Å². The second-order valence-electron chi connectivity index (χ2n) is 4.54. The highest BCUT2D eigenvalue weighted by atomic mass is 79.9. The van der Waals surface area contributed by atoms with Crippen LogP contribution in [-0.4, -0.2) is 40.1 Å². The lowest BCUT2D eigenvalue weighted by atomic mass is 10.1. The number of nitrogens with zero attached hydrogens (tertiary/aromatic N) is 2. The number of methoxy groups -OCH3 is 1. The molecule has 7 nitrogen and oxygen atoms in total. The lowest BCUT2D eigenvalue weighted by molar-refractivity contribution is -0.141. The van der Waals surface area contributed by atoms with Gasteiger partial charge in [-0.05, 0) is 36.2 Å². The van der Waals surface area contributed by atoms with E-state index in [1.54, 1.807) is 6.92 Å². The number of hydrogen-bond donors (Lipinski definition) is 2. The molecule has 1 aromatic heterocycles. The van der Waals surface area contributed by atoms with Gasteiger partial charge in [-0.3, -0.25) is 9.59 Å². The number of carbonyl (C=O) groups is 1. The molecular weight excluding hydrogens is 330 g/mol. The summed E-state index contributed by atoms with van der Waals surface area (Å²) in [6.07, 6.45) is 1.55. The monoisotopic (exact) mass is 347 g/mol. The fourth-order valence-corrected chi connectivity index (χ4v) is 2.12. The van der Waals surface area contributed by atoms with Crippen LogP contribution in [0.15, 0.2) is 15.5 Å². The highest BCUT2D eigenvalue weighted by molar-refractivity contribution is 9.10. The van der Waals surface area contributed by atoms with Gasteiger partial charge >= 0.3 is 5.97 Å². The molecule has 1 heterocycles. The number of carbonyl (C=O) groups excluding carboxylic acids is 1. The van der Waals surface area contributed by atoms with Crippen molar-refractivity contribution in [2.24, 2.45) is 0 Å². The third kappa shape index (κ3) is 4.61. The molecule has 2 unspecified atom stereocenters. The number of aliphatic hydroxyl groups is 1. The van der Waals surface area contributed by atoms with Crippen molar-refractivity contribution in [3.63, 3.8) is 0 Å². The molecule has 0 aromatic carbocycles. The third-order valence-corrected chi connectivity index (χ3v) is 3.35. The van der Waals surface area contributed by atoms with Crippen molar-refractivity contribution in [3.05, 3.63) is 21.0 Å². The number of rotatable bonds is 6. The molecule has 0 aliphatic heterocycles. The number of aliphatic hydroxyl groups excluding tert-OH is 1. The molecule has 0 aliphatic rings. The molecule has 2 atom stereocenters. The maximum atomic E-state index is 12.0. The molecule has 0 radical (unpaired) electrons. The average molecular weight is 348 g/mol. The van der Waals surface area contributed by atoms with Crippen LogP contribution in [0, 0.1) is 0 Å². The van der Waals surface area contributed by atoms with Crippen LogP contribution in [0.5, 0.6) is 0 Å². The number of esters is 1. The van der Waals surface area contributed by atoms with E-state index in [-0.39, 0.29) is 17.1 Å². The second kappa shape index (κ2) is 7.39. The normalized spacial score (nSPS) is 13.7. The smallest absolute Gasteiger partial charge is 0.327 e. The van der Waals surface area contributed by atoms with E-state index in [0.29, 0.717) is 12.1 Å². The minimum Gasteiger partial charge on any atom is -0.468 e. The van der Waals surface area contributed by atoms with Gasteiger partial charge in [-0.1, -0.05) is 0 Å². The van der Waals surface area contributed by atoms with E-state index in [1.165, 1.54) is 13.3 Å². The average Bonchev–Trinajstić information content (AvgIpc) is 2.37. The first-order valence-corrected chi connectivity index (χ1v) is 6.91. The summed E-state index contributed by atoms with van der Waals surface area (Å²) in [7, 11) is 1.25. The summed E-state index contributed by atoms with van der Waals surface area (Å²) in [6, 6.07) is -0.0241. The molecule has 20 heavy (non-hydrogen) atoms. The Morgan fingerprint density at radius 3 is 2.80 bits per heavy atom. The summed E-state index contributed by atoms with van der Waals surface area (Å²) < 4.78 is 5.79. The fraction of sp³-hybridized carbons (Fsp3) is 0.583. The Kier molecular flexibility index (Phi) is 6.15. The molecule has 0 saturated heterocycles. The van der Waals surface area contributed by atoms with Gasteiger partial charge in [0.05, 0.1) is 25.1 Å². The topological polar surface area (TPSA) is 93.5 Å². The Bertz CT molecular complexity index is 530. The standard InChI is InChI=1S/C12H18BrN3O4/c1-7(4-8(2)17)15-9-5-14-16(6-10(18)20-3)12(19)11(9)13/h5,7-8,15,17H,4,6H2,1-3H3. The Balaban J connectivity index is 2.89. The van der Waals surface area contributed by atoms with Crippen LogP contribution in [0.4, 0.5) is 5.69 Å². The molecule has 0 saturated carbocycles. The predicted octanol–water partition coefficient (Wildman–Crippen LogP) is 0.750. The molecule has 0 bridgehead atoms. The Hall–Kier alpha value is -1.41. The van der Waals surface area contributed by atoms with Gasteiger partial charge in [-0.15, -0.1) is 0 Å².